The number of nitrogens with one attached hydrogen (secondary N) is 2. The topological polar surface area (TPSA) is 89.3 Å². The molecule has 0 aliphatic heterocycles. The molecule has 17 heavy (non-hydrogen) atoms. The number of carbonyl (C=O) groups excluding carboxylic acids is 1. The average molecular weight is 242 g/mol. The van der Waals surface area contributed by atoms with Gasteiger partial charge in [-0.05, 0) is 13.3 Å². The Bertz CT molecular complexity index is 340. The van der Waals surface area contributed by atoms with Gasteiger partial charge in [0.25, 0.3) is 0 Å². The molecule has 1 rings (SSSR count). The number of rotatable bonds is 8. The minimum absolute atomic E-state index is 0.0580. The van der Waals surface area contributed by atoms with E-state index in [0.29, 0.717) is 31.4 Å². The summed E-state index contributed by atoms with van der Waals surface area (Å²) in [5, 5.41) is 9.32. The molecule has 0 fully saturated rings. The molecular weight excluding hydrogens is 224 g/mol. The number of amides is 1. The first-order valence-electron chi connectivity index (χ1n) is 5.48. The van der Waals surface area contributed by atoms with E-state index in [4.69, 9.17) is 9.26 Å². The predicted molar refractivity (Wildman–Crippen MR) is 60.2 cm³/mol. The van der Waals surface area contributed by atoms with Crippen molar-refractivity contribution in [1.82, 2.24) is 20.8 Å². The number of ether oxygens (including phenoxy) is 1. The van der Waals surface area contributed by atoms with Gasteiger partial charge >= 0.3 is 0 Å². The Morgan fingerprint density at radius 2 is 2.35 bits per heavy atom. The van der Waals surface area contributed by atoms with E-state index in [1.54, 1.807) is 14.0 Å². The van der Waals surface area contributed by atoms with E-state index in [2.05, 4.69) is 20.8 Å². The molecule has 0 spiro atoms. The van der Waals surface area contributed by atoms with Gasteiger partial charge < -0.3 is 14.6 Å². The molecule has 2 N–H and O–H groups in total. The fourth-order valence-electron chi connectivity index (χ4n) is 1.20. The van der Waals surface area contributed by atoms with Crippen molar-refractivity contribution in [3.05, 3.63) is 11.7 Å². The van der Waals surface area contributed by atoms with Crippen LogP contribution in [0.4, 0.5) is 0 Å². The third kappa shape index (κ3) is 5.98. The van der Waals surface area contributed by atoms with E-state index < -0.39 is 0 Å². The zero-order valence-electron chi connectivity index (χ0n) is 10.2. The Kier molecular flexibility index (Phi) is 6.19. The fourth-order valence-corrected chi connectivity index (χ4v) is 1.20. The van der Waals surface area contributed by atoms with Crippen LogP contribution < -0.4 is 10.6 Å². The quantitative estimate of drug-likeness (QED) is 0.604. The Morgan fingerprint density at radius 1 is 1.53 bits per heavy atom. The van der Waals surface area contributed by atoms with Crippen molar-refractivity contribution in [2.45, 2.75) is 19.9 Å². The normalized spacial score (nSPS) is 10.5. The second-order valence-corrected chi connectivity index (χ2v) is 3.54. The smallest absolute Gasteiger partial charge is 0.240 e. The lowest BCUT2D eigenvalue weighted by Crippen LogP contribution is -2.34. The summed E-state index contributed by atoms with van der Waals surface area (Å²) in [6.45, 7) is 3.64. The lowest BCUT2D eigenvalue weighted by Gasteiger charge is -2.04. The third-order valence-corrected chi connectivity index (χ3v) is 1.98. The summed E-state index contributed by atoms with van der Waals surface area (Å²) in [6.07, 6.45) is 0.811. The molecule has 0 saturated carbocycles. The molecule has 0 atom stereocenters. The highest BCUT2D eigenvalue weighted by molar-refractivity contribution is 5.77. The molecule has 0 aromatic carbocycles. The number of aryl methyl sites for hydroxylation is 1. The summed E-state index contributed by atoms with van der Waals surface area (Å²) in [4.78, 5) is 15.3. The van der Waals surface area contributed by atoms with Crippen LogP contribution in [0.1, 0.15) is 18.1 Å². The van der Waals surface area contributed by atoms with Gasteiger partial charge in [0.2, 0.25) is 11.8 Å². The van der Waals surface area contributed by atoms with Gasteiger partial charge in [0.05, 0.1) is 13.1 Å². The monoisotopic (exact) mass is 242 g/mol. The van der Waals surface area contributed by atoms with E-state index in [1.165, 1.54) is 0 Å². The molecule has 0 radical (unpaired) electrons. The molecule has 1 amide bonds. The van der Waals surface area contributed by atoms with E-state index in [0.717, 1.165) is 6.42 Å². The lowest BCUT2D eigenvalue weighted by atomic mass is 10.4. The van der Waals surface area contributed by atoms with E-state index in [1.807, 2.05) is 0 Å². The van der Waals surface area contributed by atoms with Crippen LogP contribution in [-0.2, 0) is 16.1 Å². The number of carbonyl (C=O) groups is 1. The molecule has 0 bridgehead atoms. The van der Waals surface area contributed by atoms with Crippen LogP contribution in [0.3, 0.4) is 0 Å². The summed E-state index contributed by atoms with van der Waals surface area (Å²) in [5.41, 5.74) is 0. The summed E-state index contributed by atoms with van der Waals surface area (Å²) in [7, 11) is 1.63. The molecule has 1 aromatic rings. The second kappa shape index (κ2) is 7.75. The molecule has 7 nitrogen and oxygen atoms in total. The molecule has 7 heteroatoms. The van der Waals surface area contributed by atoms with E-state index >= 15 is 0 Å². The maximum atomic E-state index is 11.3. The molecule has 0 unspecified atom stereocenters. The zero-order valence-corrected chi connectivity index (χ0v) is 10.2. The minimum atomic E-state index is -0.0580. The Labute approximate surface area is 99.9 Å². The van der Waals surface area contributed by atoms with Crippen molar-refractivity contribution in [3.8, 4) is 0 Å². The number of nitrogens with zero attached hydrogens (tertiary/aromatic N) is 2. The Hall–Kier alpha value is -1.47. The predicted octanol–water partition coefficient (Wildman–Crippen LogP) is -0.380. The number of aromatic nitrogens is 2. The van der Waals surface area contributed by atoms with Crippen molar-refractivity contribution in [2.24, 2.45) is 0 Å². The highest BCUT2D eigenvalue weighted by Gasteiger charge is 2.04. The first kappa shape index (κ1) is 13.6. The first-order valence-corrected chi connectivity index (χ1v) is 5.48. The zero-order chi connectivity index (χ0) is 12.5. The van der Waals surface area contributed by atoms with Crippen molar-refractivity contribution in [2.75, 3.05) is 26.8 Å². The first-order chi connectivity index (χ1) is 8.22. The second-order valence-electron chi connectivity index (χ2n) is 3.54. The van der Waals surface area contributed by atoms with E-state index in [-0.39, 0.29) is 12.5 Å². The van der Waals surface area contributed by atoms with Crippen LogP contribution >= 0.6 is 0 Å². The van der Waals surface area contributed by atoms with Crippen LogP contribution in [0.2, 0.25) is 0 Å². The lowest BCUT2D eigenvalue weighted by molar-refractivity contribution is -0.120. The van der Waals surface area contributed by atoms with Crippen molar-refractivity contribution in [1.29, 1.82) is 0 Å². The van der Waals surface area contributed by atoms with Gasteiger partial charge in [-0.1, -0.05) is 5.16 Å². The van der Waals surface area contributed by atoms with Crippen molar-refractivity contribution >= 4 is 5.91 Å². The van der Waals surface area contributed by atoms with Gasteiger partial charge in [0, 0.05) is 20.3 Å². The Morgan fingerprint density at radius 3 is 3.00 bits per heavy atom. The number of hydrogen-bond acceptors (Lipinski definition) is 6. The SMILES string of the molecule is COCCCNC(=O)CNCc1nc(C)no1. The molecule has 0 saturated heterocycles. The summed E-state index contributed by atoms with van der Waals surface area (Å²) in [6, 6.07) is 0. The van der Waals surface area contributed by atoms with Crippen LogP contribution in [0.5, 0.6) is 0 Å². The molecule has 0 aliphatic carbocycles. The van der Waals surface area contributed by atoms with E-state index in [9.17, 15) is 4.79 Å². The average Bonchev–Trinajstić information content (AvgIpc) is 2.71. The standard InChI is InChI=1S/C10H18N4O3/c1-8-13-10(17-14-8)7-11-6-9(15)12-4-3-5-16-2/h11H,3-7H2,1-2H3,(H,12,15). The van der Waals surface area contributed by atoms with Crippen LogP contribution in [-0.4, -0.2) is 42.9 Å². The maximum Gasteiger partial charge on any atom is 0.240 e. The van der Waals surface area contributed by atoms with Gasteiger partial charge in [-0.2, -0.15) is 4.98 Å². The van der Waals surface area contributed by atoms with Gasteiger partial charge in [-0.3, -0.25) is 10.1 Å². The largest absolute Gasteiger partial charge is 0.385 e. The van der Waals surface area contributed by atoms with Crippen LogP contribution in [0.25, 0.3) is 0 Å². The van der Waals surface area contributed by atoms with Gasteiger partial charge in [-0.25, -0.2) is 0 Å². The van der Waals surface area contributed by atoms with Gasteiger partial charge in [0.1, 0.15) is 0 Å². The summed E-state index contributed by atoms with van der Waals surface area (Å²) in [5.74, 6) is 1.01. The summed E-state index contributed by atoms with van der Waals surface area (Å²) >= 11 is 0. The minimum Gasteiger partial charge on any atom is -0.385 e. The summed E-state index contributed by atoms with van der Waals surface area (Å²) < 4.78 is 9.76. The maximum absolute atomic E-state index is 11.3. The molecule has 1 aromatic heterocycles. The van der Waals surface area contributed by atoms with Crippen LogP contribution in [0, 0.1) is 6.92 Å². The highest BCUT2D eigenvalue weighted by Crippen LogP contribution is 1.93. The van der Waals surface area contributed by atoms with Crippen molar-refractivity contribution < 1.29 is 14.1 Å². The van der Waals surface area contributed by atoms with Crippen molar-refractivity contribution in [3.63, 3.8) is 0 Å². The fraction of sp³-hybridized carbons (Fsp3) is 0.700. The number of hydrogen-bond donors (Lipinski definition) is 2. The molecule has 1 heterocycles. The Balaban J connectivity index is 2.04. The molecule has 96 valence electrons. The highest BCUT2D eigenvalue weighted by atomic mass is 16.5. The van der Waals surface area contributed by atoms with Gasteiger partial charge in [-0.15, -0.1) is 0 Å². The third-order valence-electron chi connectivity index (χ3n) is 1.98. The number of methoxy groups -OCH3 is 1. The molecular formula is C10H18N4O3. The molecule has 0 aliphatic rings. The van der Waals surface area contributed by atoms with Crippen LogP contribution in [0.15, 0.2) is 4.52 Å². The van der Waals surface area contributed by atoms with Gasteiger partial charge in [0.15, 0.2) is 5.82 Å².